The number of aryl methyl sites for hydroxylation is 1. The van der Waals surface area contributed by atoms with Gasteiger partial charge in [-0.1, -0.05) is 17.7 Å². The van der Waals surface area contributed by atoms with Crippen LogP contribution in [0.15, 0.2) is 18.2 Å². The van der Waals surface area contributed by atoms with Crippen LogP contribution < -0.4 is 10.6 Å². The van der Waals surface area contributed by atoms with Crippen molar-refractivity contribution in [1.29, 1.82) is 0 Å². The zero-order valence-electron chi connectivity index (χ0n) is 10.3. The van der Waals surface area contributed by atoms with Gasteiger partial charge in [-0.25, -0.2) is 0 Å². The summed E-state index contributed by atoms with van der Waals surface area (Å²) in [7, 11) is 0. The molecule has 2 rings (SSSR count). The van der Waals surface area contributed by atoms with Gasteiger partial charge in [-0.15, -0.1) is 12.4 Å². The molecule has 3 nitrogen and oxygen atoms in total. The molecule has 0 spiro atoms. The van der Waals surface area contributed by atoms with Crippen LogP contribution in [0.2, 0.25) is 5.02 Å². The van der Waals surface area contributed by atoms with Crippen molar-refractivity contribution in [3.8, 4) is 0 Å². The molecule has 1 aromatic carbocycles. The average molecular weight is 289 g/mol. The second-order valence-electron chi connectivity index (χ2n) is 4.53. The summed E-state index contributed by atoms with van der Waals surface area (Å²) in [6.45, 7) is 4.71. The Morgan fingerprint density at radius 3 is 2.94 bits per heavy atom. The Balaban J connectivity index is 0.00000162. The van der Waals surface area contributed by atoms with Gasteiger partial charge in [-0.05, 0) is 50.0 Å². The van der Waals surface area contributed by atoms with Crippen molar-refractivity contribution >= 4 is 29.9 Å². The molecular weight excluding hydrogens is 271 g/mol. The summed E-state index contributed by atoms with van der Waals surface area (Å²) in [5, 5.41) is 6.87. The van der Waals surface area contributed by atoms with Gasteiger partial charge < -0.3 is 10.6 Å². The molecule has 0 aliphatic carbocycles. The molecular formula is C13H18Cl2N2O. The van der Waals surface area contributed by atoms with E-state index in [4.69, 9.17) is 11.6 Å². The van der Waals surface area contributed by atoms with E-state index in [0.29, 0.717) is 16.5 Å². The Bertz CT molecular complexity index is 417. The lowest BCUT2D eigenvalue weighted by molar-refractivity contribution is 0.0948. The van der Waals surface area contributed by atoms with Gasteiger partial charge in [0.2, 0.25) is 0 Å². The number of nitrogens with one attached hydrogen (secondary N) is 2. The van der Waals surface area contributed by atoms with Crippen molar-refractivity contribution in [3.63, 3.8) is 0 Å². The first kappa shape index (κ1) is 15.3. The Hall–Kier alpha value is -0.770. The van der Waals surface area contributed by atoms with Crippen LogP contribution in [0.4, 0.5) is 0 Å². The molecule has 0 saturated carbocycles. The first-order chi connectivity index (χ1) is 8.16. The number of hydrogen-bond donors (Lipinski definition) is 2. The maximum absolute atomic E-state index is 11.9. The Kier molecular flexibility index (Phi) is 5.93. The molecule has 1 unspecified atom stereocenters. The van der Waals surface area contributed by atoms with Crippen molar-refractivity contribution in [2.75, 3.05) is 19.6 Å². The lowest BCUT2D eigenvalue weighted by Gasteiger charge is -2.10. The number of hydrogen-bond acceptors (Lipinski definition) is 2. The largest absolute Gasteiger partial charge is 0.352 e. The summed E-state index contributed by atoms with van der Waals surface area (Å²) in [5.74, 6) is 0.513. The number of carbonyl (C=O) groups excluding carboxylic acids is 1. The van der Waals surface area contributed by atoms with E-state index in [1.807, 2.05) is 19.1 Å². The molecule has 18 heavy (non-hydrogen) atoms. The van der Waals surface area contributed by atoms with Crippen LogP contribution in [-0.4, -0.2) is 25.5 Å². The number of benzene rings is 1. The minimum atomic E-state index is -0.0428. The van der Waals surface area contributed by atoms with E-state index in [1.54, 1.807) is 6.07 Å². The summed E-state index contributed by atoms with van der Waals surface area (Å²) >= 11 is 6.00. The fourth-order valence-electron chi connectivity index (χ4n) is 1.96. The lowest BCUT2D eigenvalue weighted by atomic mass is 10.1. The zero-order chi connectivity index (χ0) is 12.3. The van der Waals surface area contributed by atoms with Crippen molar-refractivity contribution in [2.45, 2.75) is 13.3 Å². The molecule has 5 heteroatoms. The lowest BCUT2D eigenvalue weighted by Crippen LogP contribution is -2.30. The number of halogens is 2. The SMILES string of the molecule is Cc1ccc(C(=O)NCC2CCNC2)cc1Cl.Cl. The summed E-state index contributed by atoms with van der Waals surface area (Å²) in [6, 6.07) is 5.40. The smallest absolute Gasteiger partial charge is 0.251 e. The van der Waals surface area contributed by atoms with E-state index >= 15 is 0 Å². The quantitative estimate of drug-likeness (QED) is 0.897. The van der Waals surface area contributed by atoms with Crippen LogP contribution in [0.3, 0.4) is 0 Å². The molecule has 1 aromatic rings. The molecule has 1 amide bonds. The third-order valence-electron chi connectivity index (χ3n) is 3.15. The predicted octanol–water partition coefficient (Wildman–Crippen LogP) is 2.41. The molecule has 100 valence electrons. The molecule has 1 saturated heterocycles. The van der Waals surface area contributed by atoms with Crippen molar-refractivity contribution in [3.05, 3.63) is 34.3 Å². The highest BCUT2D eigenvalue weighted by Crippen LogP contribution is 2.16. The number of amides is 1. The molecule has 1 aliphatic heterocycles. The minimum Gasteiger partial charge on any atom is -0.352 e. The van der Waals surface area contributed by atoms with E-state index < -0.39 is 0 Å². The van der Waals surface area contributed by atoms with E-state index in [-0.39, 0.29) is 18.3 Å². The van der Waals surface area contributed by atoms with E-state index in [2.05, 4.69) is 10.6 Å². The van der Waals surface area contributed by atoms with Crippen molar-refractivity contribution < 1.29 is 4.79 Å². The fraction of sp³-hybridized carbons (Fsp3) is 0.462. The number of rotatable bonds is 3. The Labute approximate surface area is 119 Å². The zero-order valence-corrected chi connectivity index (χ0v) is 11.9. The maximum atomic E-state index is 11.9. The molecule has 1 aliphatic rings. The summed E-state index contributed by atoms with van der Waals surface area (Å²) in [6.07, 6.45) is 1.13. The average Bonchev–Trinajstić information content (AvgIpc) is 2.82. The van der Waals surface area contributed by atoms with Crippen LogP contribution >= 0.6 is 24.0 Å². The summed E-state index contributed by atoms with van der Waals surface area (Å²) < 4.78 is 0. The second kappa shape index (κ2) is 6.98. The Morgan fingerprint density at radius 1 is 1.56 bits per heavy atom. The first-order valence-electron chi connectivity index (χ1n) is 5.92. The standard InChI is InChI=1S/C13H17ClN2O.ClH/c1-9-2-3-11(6-12(9)14)13(17)16-8-10-4-5-15-7-10;/h2-3,6,10,15H,4-5,7-8H2,1H3,(H,16,17);1H. The normalized spacial score (nSPS) is 18.2. The highest BCUT2D eigenvalue weighted by atomic mass is 35.5. The Morgan fingerprint density at radius 2 is 2.33 bits per heavy atom. The van der Waals surface area contributed by atoms with Crippen LogP contribution in [0, 0.1) is 12.8 Å². The molecule has 0 bridgehead atoms. The maximum Gasteiger partial charge on any atom is 0.251 e. The molecule has 0 radical (unpaired) electrons. The summed E-state index contributed by atoms with van der Waals surface area (Å²) in [4.78, 5) is 11.9. The number of carbonyl (C=O) groups is 1. The van der Waals surface area contributed by atoms with Crippen LogP contribution in [0.5, 0.6) is 0 Å². The van der Waals surface area contributed by atoms with E-state index in [9.17, 15) is 4.79 Å². The highest BCUT2D eigenvalue weighted by Gasteiger charge is 2.15. The van der Waals surface area contributed by atoms with Crippen molar-refractivity contribution in [2.24, 2.45) is 5.92 Å². The second-order valence-corrected chi connectivity index (χ2v) is 4.94. The summed E-state index contributed by atoms with van der Waals surface area (Å²) in [5.41, 5.74) is 1.62. The van der Waals surface area contributed by atoms with Gasteiger partial charge in [-0.3, -0.25) is 4.79 Å². The third-order valence-corrected chi connectivity index (χ3v) is 3.55. The highest BCUT2D eigenvalue weighted by molar-refractivity contribution is 6.31. The van der Waals surface area contributed by atoms with Gasteiger partial charge in [0.25, 0.3) is 5.91 Å². The monoisotopic (exact) mass is 288 g/mol. The van der Waals surface area contributed by atoms with Gasteiger partial charge in [0.15, 0.2) is 0 Å². The molecule has 0 aromatic heterocycles. The molecule has 2 N–H and O–H groups in total. The van der Waals surface area contributed by atoms with Gasteiger partial charge in [0.1, 0.15) is 0 Å². The topological polar surface area (TPSA) is 41.1 Å². The van der Waals surface area contributed by atoms with E-state index in [0.717, 1.165) is 31.6 Å². The molecule has 1 atom stereocenters. The van der Waals surface area contributed by atoms with Gasteiger partial charge >= 0.3 is 0 Å². The van der Waals surface area contributed by atoms with Gasteiger partial charge in [-0.2, -0.15) is 0 Å². The van der Waals surface area contributed by atoms with Crippen LogP contribution in [0.1, 0.15) is 22.3 Å². The third kappa shape index (κ3) is 3.87. The van der Waals surface area contributed by atoms with Gasteiger partial charge in [0.05, 0.1) is 0 Å². The molecule has 1 fully saturated rings. The van der Waals surface area contributed by atoms with Crippen LogP contribution in [0.25, 0.3) is 0 Å². The van der Waals surface area contributed by atoms with E-state index in [1.165, 1.54) is 0 Å². The van der Waals surface area contributed by atoms with Crippen molar-refractivity contribution in [1.82, 2.24) is 10.6 Å². The fourth-order valence-corrected chi connectivity index (χ4v) is 2.14. The van der Waals surface area contributed by atoms with Gasteiger partial charge in [0, 0.05) is 17.1 Å². The molecule has 1 heterocycles. The first-order valence-corrected chi connectivity index (χ1v) is 6.29. The predicted molar refractivity (Wildman–Crippen MR) is 76.7 cm³/mol. The minimum absolute atomic E-state index is 0. The van der Waals surface area contributed by atoms with Crippen LogP contribution in [-0.2, 0) is 0 Å².